The minimum absolute atomic E-state index is 0.0364. The summed E-state index contributed by atoms with van der Waals surface area (Å²) in [5.74, 6) is 6.14. The van der Waals surface area contributed by atoms with Crippen LogP contribution in [0.25, 0.3) is 0 Å². The van der Waals surface area contributed by atoms with Gasteiger partial charge in [0, 0.05) is 12.5 Å². The van der Waals surface area contributed by atoms with E-state index < -0.39 is 0 Å². The van der Waals surface area contributed by atoms with Crippen molar-refractivity contribution in [3.05, 3.63) is 23.9 Å². The van der Waals surface area contributed by atoms with Crippen LogP contribution in [-0.4, -0.2) is 28.8 Å². The quantitative estimate of drug-likeness (QED) is 0.747. The van der Waals surface area contributed by atoms with Crippen LogP contribution in [0.1, 0.15) is 44.2 Å². The first-order chi connectivity index (χ1) is 10.3. The molecule has 5 heteroatoms. The SMILES string of the molecule is O=C(Nc1cccc(C#CCCO)n1)NC1CCCCC1. The van der Waals surface area contributed by atoms with Crippen LogP contribution < -0.4 is 10.6 Å². The zero-order chi connectivity index (χ0) is 14.9. The van der Waals surface area contributed by atoms with Gasteiger partial charge in [0.1, 0.15) is 11.5 Å². The van der Waals surface area contributed by atoms with E-state index in [2.05, 4.69) is 27.5 Å². The van der Waals surface area contributed by atoms with Crippen LogP contribution in [-0.2, 0) is 0 Å². The Kier molecular flexibility index (Phi) is 6.04. The first-order valence-electron chi connectivity index (χ1n) is 7.42. The summed E-state index contributed by atoms with van der Waals surface area (Å²) in [4.78, 5) is 16.2. The van der Waals surface area contributed by atoms with Crippen LogP contribution in [0, 0.1) is 11.8 Å². The van der Waals surface area contributed by atoms with Gasteiger partial charge in [-0.15, -0.1) is 0 Å². The predicted octanol–water partition coefficient (Wildman–Crippen LogP) is 2.27. The predicted molar refractivity (Wildman–Crippen MR) is 81.8 cm³/mol. The van der Waals surface area contributed by atoms with Gasteiger partial charge in [0.2, 0.25) is 0 Å². The molecular weight excluding hydrogens is 266 g/mol. The highest BCUT2D eigenvalue weighted by Crippen LogP contribution is 2.17. The average Bonchev–Trinajstić information content (AvgIpc) is 2.49. The Morgan fingerprint density at radius 2 is 2.14 bits per heavy atom. The van der Waals surface area contributed by atoms with Crippen LogP contribution in [0.4, 0.5) is 10.6 Å². The molecule has 3 N–H and O–H groups in total. The lowest BCUT2D eigenvalue weighted by atomic mass is 9.96. The van der Waals surface area contributed by atoms with E-state index in [-0.39, 0.29) is 18.7 Å². The summed E-state index contributed by atoms with van der Waals surface area (Å²) in [5, 5.41) is 14.4. The lowest BCUT2D eigenvalue weighted by molar-refractivity contribution is 0.244. The Morgan fingerprint density at radius 1 is 1.33 bits per heavy atom. The molecule has 1 aliphatic carbocycles. The number of hydrogen-bond donors (Lipinski definition) is 3. The maximum absolute atomic E-state index is 11.9. The topological polar surface area (TPSA) is 74.2 Å². The number of aromatic nitrogens is 1. The highest BCUT2D eigenvalue weighted by Gasteiger charge is 2.15. The molecule has 1 aliphatic rings. The molecule has 0 saturated heterocycles. The summed E-state index contributed by atoms with van der Waals surface area (Å²) in [6.45, 7) is 0.0364. The van der Waals surface area contributed by atoms with Gasteiger partial charge in [-0.3, -0.25) is 5.32 Å². The number of aliphatic hydroxyl groups excluding tert-OH is 1. The zero-order valence-corrected chi connectivity index (χ0v) is 12.1. The molecule has 2 amide bonds. The molecule has 1 saturated carbocycles. The average molecular weight is 287 g/mol. The van der Waals surface area contributed by atoms with Crippen molar-refractivity contribution in [3.8, 4) is 11.8 Å². The largest absolute Gasteiger partial charge is 0.395 e. The summed E-state index contributed by atoms with van der Waals surface area (Å²) in [6, 6.07) is 5.36. The van der Waals surface area contributed by atoms with Crippen molar-refractivity contribution in [1.82, 2.24) is 10.3 Å². The van der Waals surface area contributed by atoms with Gasteiger partial charge in [-0.2, -0.15) is 0 Å². The minimum atomic E-state index is -0.213. The van der Waals surface area contributed by atoms with Crippen LogP contribution in [0.5, 0.6) is 0 Å². The van der Waals surface area contributed by atoms with E-state index in [1.165, 1.54) is 19.3 Å². The fourth-order valence-corrected chi connectivity index (χ4v) is 2.37. The van der Waals surface area contributed by atoms with Crippen molar-refractivity contribution in [1.29, 1.82) is 0 Å². The second kappa shape index (κ2) is 8.28. The number of anilines is 1. The molecule has 2 rings (SSSR count). The minimum Gasteiger partial charge on any atom is -0.395 e. The van der Waals surface area contributed by atoms with Crippen molar-refractivity contribution in [2.24, 2.45) is 0 Å². The zero-order valence-electron chi connectivity index (χ0n) is 12.1. The van der Waals surface area contributed by atoms with Gasteiger partial charge in [-0.05, 0) is 30.9 Å². The molecule has 1 aromatic rings. The van der Waals surface area contributed by atoms with Crippen LogP contribution in [0.15, 0.2) is 18.2 Å². The molecule has 0 aromatic carbocycles. The molecule has 5 nitrogen and oxygen atoms in total. The summed E-state index contributed by atoms with van der Waals surface area (Å²) >= 11 is 0. The van der Waals surface area contributed by atoms with Crippen LogP contribution in [0.3, 0.4) is 0 Å². The lowest BCUT2D eigenvalue weighted by Gasteiger charge is -2.22. The Bertz CT molecular complexity index is 528. The highest BCUT2D eigenvalue weighted by molar-refractivity contribution is 5.88. The van der Waals surface area contributed by atoms with Crippen molar-refractivity contribution in [3.63, 3.8) is 0 Å². The Hall–Kier alpha value is -2.06. The van der Waals surface area contributed by atoms with E-state index in [9.17, 15) is 4.79 Å². The van der Waals surface area contributed by atoms with E-state index >= 15 is 0 Å². The lowest BCUT2D eigenvalue weighted by Crippen LogP contribution is -2.39. The number of nitrogens with zero attached hydrogens (tertiary/aromatic N) is 1. The number of nitrogens with one attached hydrogen (secondary N) is 2. The third-order valence-electron chi connectivity index (χ3n) is 3.38. The first kappa shape index (κ1) is 15.3. The summed E-state index contributed by atoms with van der Waals surface area (Å²) in [5.41, 5.74) is 0.582. The van der Waals surface area contributed by atoms with Crippen molar-refractivity contribution < 1.29 is 9.90 Å². The van der Waals surface area contributed by atoms with Gasteiger partial charge in [-0.1, -0.05) is 31.2 Å². The van der Waals surface area contributed by atoms with Crippen LogP contribution in [0.2, 0.25) is 0 Å². The molecule has 1 heterocycles. The van der Waals surface area contributed by atoms with E-state index in [4.69, 9.17) is 5.11 Å². The number of amides is 2. The standard InChI is InChI=1S/C16H21N3O2/c20-12-5-4-9-13-10-6-11-15(17-13)19-16(21)18-14-7-2-1-3-8-14/h6,10-11,14,20H,1-3,5,7-8,12H2,(H2,17,18,19,21). The molecule has 0 radical (unpaired) electrons. The molecule has 0 bridgehead atoms. The normalized spacial score (nSPS) is 14.9. The number of pyridine rings is 1. The second-order valence-corrected chi connectivity index (χ2v) is 5.12. The first-order valence-corrected chi connectivity index (χ1v) is 7.42. The molecule has 21 heavy (non-hydrogen) atoms. The number of carbonyl (C=O) groups excluding carboxylic acids is 1. The van der Waals surface area contributed by atoms with Crippen LogP contribution >= 0.6 is 0 Å². The Morgan fingerprint density at radius 3 is 2.90 bits per heavy atom. The monoisotopic (exact) mass is 287 g/mol. The molecule has 0 atom stereocenters. The van der Waals surface area contributed by atoms with Gasteiger partial charge in [0.25, 0.3) is 0 Å². The third-order valence-corrected chi connectivity index (χ3v) is 3.38. The Labute approximate surface area is 125 Å². The molecule has 1 aromatic heterocycles. The fourth-order valence-electron chi connectivity index (χ4n) is 2.37. The third kappa shape index (κ3) is 5.44. The molecule has 0 unspecified atom stereocenters. The summed E-state index contributed by atoms with van der Waals surface area (Å²) in [6.07, 6.45) is 6.14. The van der Waals surface area contributed by atoms with E-state index in [1.807, 2.05) is 0 Å². The molecular formula is C16H21N3O2. The number of rotatable bonds is 3. The maximum Gasteiger partial charge on any atom is 0.320 e. The molecule has 1 fully saturated rings. The van der Waals surface area contributed by atoms with Crippen molar-refractivity contribution >= 4 is 11.8 Å². The van der Waals surface area contributed by atoms with Gasteiger partial charge in [0.05, 0.1) is 6.61 Å². The van der Waals surface area contributed by atoms with Gasteiger partial charge in [0.15, 0.2) is 0 Å². The number of hydrogen-bond acceptors (Lipinski definition) is 3. The Balaban J connectivity index is 1.88. The number of urea groups is 1. The van der Waals surface area contributed by atoms with E-state index in [0.717, 1.165) is 12.8 Å². The molecule has 0 aliphatic heterocycles. The second-order valence-electron chi connectivity index (χ2n) is 5.12. The van der Waals surface area contributed by atoms with Crippen molar-refractivity contribution in [2.75, 3.05) is 11.9 Å². The van der Waals surface area contributed by atoms with Gasteiger partial charge >= 0.3 is 6.03 Å². The number of carbonyl (C=O) groups is 1. The van der Waals surface area contributed by atoms with Gasteiger partial charge in [-0.25, -0.2) is 9.78 Å². The molecule has 0 spiro atoms. The van der Waals surface area contributed by atoms with Crippen molar-refractivity contribution in [2.45, 2.75) is 44.6 Å². The maximum atomic E-state index is 11.9. The molecule has 112 valence electrons. The summed E-state index contributed by atoms with van der Waals surface area (Å²) in [7, 11) is 0. The number of aliphatic hydroxyl groups is 1. The smallest absolute Gasteiger partial charge is 0.320 e. The van der Waals surface area contributed by atoms with E-state index in [1.54, 1.807) is 18.2 Å². The van der Waals surface area contributed by atoms with Gasteiger partial charge < -0.3 is 10.4 Å². The highest BCUT2D eigenvalue weighted by atomic mass is 16.2. The summed E-state index contributed by atoms with van der Waals surface area (Å²) < 4.78 is 0. The van der Waals surface area contributed by atoms with E-state index in [0.29, 0.717) is 17.9 Å². The fraction of sp³-hybridized carbons (Fsp3) is 0.500.